The Balaban J connectivity index is 1.40. The summed E-state index contributed by atoms with van der Waals surface area (Å²) in [6.45, 7) is 0.552. The first kappa shape index (κ1) is 16.9. The highest BCUT2D eigenvalue weighted by molar-refractivity contribution is 6.21. The molecule has 25 heavy (non-hydrogen) atoms. The second kappa shape index (κ2) is 7.75. The summed E-state index contributed by atoms with van der Waals surface area (Å²) in [6, 6.07) is 16.6. The van der Waals surface area contributed by atoms with E-state index in [2.05, 4.69) is 0 Å². The quantitative estimate of drug-likeness (QED) is 0.576. The number of hydrogen-bond acceptors (Lipinski definition) is 4. The molecule has 2 aromatic rings. The molecule has 0 aromatic heterocycles. The number of benzene rings is 2. The number of nitrogens with zero attached hydrogens (tertiary/aromatic N) is 1. The lowest BCUT2D eigenvalue weighted by atomic mass is 10.1. The van der Waals surface area contributed by atoms with Gasteiger partial charge in [0.2, 0.25) is 0 Å². The molecule has 0 N–H and O–H groups in total. The normalized spacial score (nSPS) is 13.0. The summed E-state index contributed by atoms with van der Waals surface area (Å²) < 4.78 is 5.20. The summed E-state index contributed by atoms with van der Waals surface area (Å²) in [7, 11) is 0. The van der Waals surface area contributed by atoms with Crippen molar-refractivity contribution in [2.75, 3.05) is 13.2 Å². The van der Waals surface area contributed by atoms with Crippen LogP contribution in [0, 0.1) is 0 Å². The zero-order chi connectivity index (χ0) is 17.6. The third-order valence-electron chi connectivity index (χ3n) is 4.14. The summed E-state index contributed by atoms with van der Waals surface area (Å²) in [5.41, 5.74) is 1.97. The van der Waals surface area contributed by atoms with Gasteiger partial charge in [-0.25, -0.2) is 0 Å². The fraction of sp³-hybridized carbons (Fsp3) is 0.250. The first-order chi connectivity index (χ1) is 12.2. The number of hydrogen-bond donors (Lipinski definition) is 0. The third kappa shape index (κ3) is 3.94. The van der Waals surface area contributed by atoms with Crippen LogP contribution < -0.4 is 0 Å². The first-order valence-corrected chi connectivity index (χ1v) is 8.31. The molecule has 3 rings (SSSR count). The molecule has 0 radical (unpaired) electrons. The summed E-state index contributed by atoms with van der Waals surface area (Å²) in [6.07, 6.45) is 1.25. The van der Waals surface area contributed by atoms with Crippen molar-refractivity contribution in [3.05, 3.63) is 71.3 Å². The molecular formula is C20H19NO4. The first-order valence-electron chi connectivity index (χ1n) is 8.31. The van der Waals surface area contributed by atoms with E-state index in [0.717, 1.165) is 5.56 Å². The van der Waals surface area contributed by atoms with Gasteiger partial charge < -0.3 is 4.74 Å². The van der Waals surface area contributed by atoms with Crippen molar-refractivity contribution >= 4 is 17.8 Å². The highest BCUT2D eigenvalue weighted by Crippen LogP contribution is 2.22. The van der Waals surface area contributed by atoms with Gasteiger partial charge in [0.15, 0.2) is 0 Å². The number of amides is 2. The van der Waals surface area contributed by atoms with Crippen molar-refractivity contribution in [3.8, 4) is 0 Å². The van der Waals surface area contributed by atoms with Crippen molar-refractivity contribution in [1.82, 2.24) is 4.90 Å². The van der Waals surface area contributed by atoms with E-state index >= 15 is 0 Å². The van der Waals surface area contributed by atoms with E-state index in [1.807, 2.05) is 30.3 Å². The smallest absolute Gasteiger partial charge is 0.305 e. The molecule has 0 bridgehead atoms. The van der Waals surface area contributed by atoms with Crippen molar-refractivity contribution in [1.29, 1.82) is 0 Å². The Hall–Kier alpha value is -2.95. The number of carbonyl (C=O) groups excluding carboxylic acids is 3. The molecule has 1 heterocycles. The van der Waals surface area contributed by atoms with Crippen LogP contribution in [-0.4, -0.2) is 35.8 Å². The Bertz CT molecular complexity index is 750. The summed E-state index contributed by atoms with van der Waals surface area (Å²) in [4.78, 5) is 37.4. The van der Waals surface area contributed by atoms with Crippen molar-refractivity contribution < 1.29 is 19.1 Å². The van der Waals surface area contributed by atoms with Crippen LogP contribution >= 0.6 is 0 Å². The highest BCUT2D eigenvalue weighted by atomic mass is 16.5. The van der Waals surface area contributed by atoms with E-state index < -0.39 is 0 Å². The Morgan fingerprint density at radius 3 is 2.12 bits per heavy atom. The zero-order valence-corrected chi connectivity index (χ0v) is 13.8. The molecule has 0 unspecified atom stereocenters. The number of esters is 1. The van der Waals surface area contributed by atoms with Gasteiger partial charge in [0.25, 0.3) is 11.8 Å². The van der Waals surface area contributed by atoms with Gasteiger partial charge in [-0.1, -0.05) is 42.5 Å². The SMILES string of the molecule is O=C(CCCN1C(=O)c2ccccc2C1=O)OCCc1ccccc1. The fourth-order valence-electron chi connectivity index (χ4n) is 2.82. The monoisotopic (exact) mass is 337 g/mol. The maximum absolute atomic E-state index is 12.2. The molecule has 128 valence electrons. The number of fused-ring (bicyclic) bond motifs is 1. The zero-order valence-electron chi connectivity index (χ0n) is 13.8. The van der Waals surface area contributed by atoms with Gasteiger partial charge in [0, 0.05) is 19.4 Å². The largest absolute Gasteiger partial charge is 0.465 e. The molecule has 1 aliphatic rings. The lowest BCUT2D eigenvalue weighted by Gasteiger charge is -2.13. The maximum Gasteiger partial charge on any atom is 0.305 e. The maximum atomic E-state index is 12.2. The summed E-state index contributed by atoms with van der Waals surface area (Å²) in [5, 5.41) is 0. The van der Waals surface area contributed by atoms with Crippen LogP contribution in [0.4, 0.5) is 0 Å². The molecule has 2 aromatic carbocycles. The van der Waals surface area contributed by atoms with E-state index in [1.165, 1.54) is 4.90 Å². The van der Waals surface area contributed by atoms with E-state index in [9.17, 15) is 14.4 Å². The molecule has 0 atom stereocenters. The molecular weight excluding hydrogens is 318 g/mol. The lowest BCUT2D eigenvalue weighted by Crippen LogP contribution is -2.31. The Labute approximate surface area is 146 Å². The average Bonchev–Trinajstić information content (AvgIpc) is 2.88. The minimum atomic E-state index is -0.312. The van der Waals surface area contributed by atoms with E-state index in [1.54, 1.807) is 24.3 Å². The lowest BCUT2D eigenvalue weighted by molar-refractivity contribution is -0.143. The second-order valence-corrected chi connectivity index (χ2v) is 5.87. The summed E-state index contributed by atoms with van der Waals surface area (Å²) >= 11 is 0. The molecule has 2 amide bonds. The molecule has 0 saturated carbocycles. The molecule has 0 fully saturated rings. The Kier molecular flexibility index (Phi) is 5.23. The molecule has 0 aliphatic carbocycles. The third-order valence-corrected chi connectivity index (χ3v) is 4.14. The summed E-state index contributed by atoms with van der Waals surface area (Å²) in [5.74, 6) is -0.899. The van der Waals surface area contributed by atoms with Crippen molar-refractivity contribution in [2.24, 2.45) is 0 Å². The van der Waals surface area contributed by atoms with Crippen LogP contribution in [0.2, 0.25) is 0 Å². The number of ether oxygens (including phenoxy) is 1. The van der Waals surface area contributed by atoms with Gasteiger partial charge in [-0.2, -0.15) is 0 Å². The predicted octanol–water partition coefficient (Wildman–Crippen LogP) is 2.85. The van der Waals surface area contributed by atoms with Gasteiger partial charge in [-0.3, -0.25) is 19.3 Å². The molecule has 5 nitrogen and oxygen atoms in total. The Morgan fingerprint density at radius 1 is 0.880 bits per heavy atom. The molecule has 5 heteroatoms. The molecule has 1 aliphatic heterocycles. The van der Waals surface area contributed by atoms with E-state index in [0.29, 0.717) is 30.6 Å². The standard InChI is InChI=1S/C20H19NO4/c22-18(25-14-12-15-7-2-1-3-8-15)11-6-13-21-19(23)16-9-4-5-10-17(16)20(21)24/h1-5,7-10H,6,11-14H2. The van der Waals surface area contributed by atoms with Crippen LogP contribution in [0.3, 0.4) is 0 Å². The van der Waals surface area contributed by atoms with E-state index in [4.69, 9.17) is 4.74 Å². The fourth-order valence-corrected chi connectivity index (χ4v) is 2.82. The van der Waals surface area contributed by atoms with Crippen LogP contribution in [-0.2, 0) is 16.0 Å². The minimum Gasteiger partial charge on any atom is -0.465 e. The van der Waals surface area contributed by atoms with Gasteiger partial charge in [-0.15, -0.1) is 0 Å². The van der Waals surface area contributed by atoms with Gasteiger partial charge in [0.05, 0.1) is 17.7 Å². The number of rotatable bonds is 7. The molecule has 0 spiro atoms. The second-order valence-electron chi connectivity index (χ2n) is 5.87. The van der Waals surface area contributed by atoms with Crippen LogP contribution in [0.1, 0.15) is 39.1 Å². The van der Waals surface area contributed by atoms with Crippen LogP contribution in [0.15, 0.2) is 54.6 Å². The molecule has 0 saturated heterocycles. The number of imide groups is 1. The van der Waals surface area contributed by atoms with Gasteiger partial charge in [0.1, 0.15) is 0 Å². The topological polar surface area (TPSA) is 63.7 Å². The minimum absolute atomic E-state index is 0.183. The van der Waals surface area contributed by atoms with E-state index in [-0.39, 0.29) is 30.7 Å². The average molecular weight is 337 g/mol. The number of carbonyl (C=O) groups is 3. The van der Waals surface area contributed by atoms with Crippen LogP contribution in [0.5, 0.6) is 0 Å². The Morgan fingerprint density at radius 2 is 1.48 bits per heavy atom. The predicted molar refractivity (Wildman–Crippen MR) is 92.1 cm³/mol. The van der Waals surface area contributed by atoms with Crippen molar-refractivity contribution in [2.45, 2.75) is 19.3 Å². The van der Waals surface area contributed by atoms with Crippen LogP contribution in [0.25, 0.3) is 0 Å². The highest BCUT2D eigenvalue weighted by Gasteiger charge is 2.34. The van der Waals surface area contributed by atoms with Crippen molar-refractivity contribution in [3.63, 3.8) is 0 Å². The van der Waals surface area contributed by atoms with Gasteiger partial charge in [-0.05, 0) is 24.1 Å². The van der Waals surface area contributed by atoms with Gasteiger partial charge >= 0.3 is 5.97 Å².